The van der Waals surface area contributed by atoms with Gasteiger partial charge in [0.1, 0.15) is 0 Å². The highest BCUT2D eigenvalue weighted by Crippen LogP contribution is 2.19. The van der Waals surface area contributed by atoms with Crippen molar-refractivity contribution in [2.75, 3.05) is 6.54 Å². The van der Waals surface area contributed by atoms with Crippen LogP contribution in [0.2, 0.25) is 0 Å². The molecule has 0 saturated carbocycles. The number of nitrogens with one attached hydrogen (secondary N) is 1. The zero-order chi connectivity index (χ0) is 12.3. The number of amides is 1. The Bertz CT molecular complexity index is 373. The molecule has 1 heterocycles. The second-order valence-electron chi connectivity index (χ2n) is 4.64. The molecule has 0 bridgehead atoms. The van der Waals surface area contributed by atoms with Crippen LogP contribution in [0, 0.1) is 12.8 Å². The Morgan fingerprint density at radius 2 is 2.19 bits per heavy atom. The van der Waals surface area contributed by atoms with Crippen LogP contribution in [-0.4, -0.2) is 18.0 Å². The van der Waals surface area contributed by atoms with Gasteiger partial charge in [0.15, 0.2) is 0 Å². The Hall–Kier alpha value is -0.870. The van der Waals surface area contributed by atoms with Crippen molar-refractivity contribution in [3.63, 3.8) is 0 Å². The van der Waals surface area contributed by atoms with Crippen LogP contribution in [0.3, 0.4) is 0 Å². The monoisotopic (exact) mass is 240 g/mol. The standard InChI is InChI=1S/C12H20N2OS/c1-8(2)12(4,7-13)14-11(15)10-6-5-9(3)16-10/h5-6,8H,7,13H2,1-4H3,(H,14,15). The largest absolute Gasteiger partial charge is 0.345 e. The van der Waals surface area contributed by atoms with Gasteiger partial charge in [0.2, 0.25) is 0 Å². The van der Waals surface area contributed by atoms with Gasteiger partial charge < -0.3 is 11.1 Å². The van der Waals surface area contributed by atoms with Gasteiger partial charge in [0.25, 0.3) is 5.91 Å². The summed E-state index contributed by atoms with van der Waals surface area (Å²) in [4.78, 5) is 13.9. The van der Waals surface area contributed by atoms with Gasteiger partial charge in [0.05, 0.1) is 10.4 Å². The first-order valence-electron chi connectivity index (χ1n) is 5.48. The van der Waals surface area contributed by atoms with Crippen LogP contribution < -0.4 is 11.1 Å². The Kier molecular flexibility index (Phi) is 4.10. The molecule has 16 heavy (non-hydrogen) atoms. The van der Waals surface area contributed by atoms with Gasteiger partial charge in [-0.3, -0.25) is 4.79 Å². The molecule has 3 nitrogen and oxygen atoms in total. The fourth-order valence-electron chi connectivity index (χ4n) is 1.31. The Morgan fingerprint density at radius 3 is 2.56 bits per heavy atom. The van der Waals surface area contributed by atoms with E-state index in [1.54, 1.807) is 0 Å². The van der Waals surface area contributed by atoms with Crippen LogP contribution in [0.1, 0.15) is 35.3 Å². The van der Waals surface area contributed by atoms with Gasteiger partial charge in [0, 0.05) is 11.4 Å². The molecule has 0 radical (unpaired) electrons. The lowest BCUT2D eigenvalue weighted by molar-refractivity contribution is 0.0887. The zero-order valence-electron chi connectivity index (χ0n) is 10.3. The van der Waals surface area contributed by atoms with Crippen LogP contribution >= 0.6 is 11.3 Å². The van der Waals surface area contributed by atoms with Crippen LogP contribution in [-0.2, 0) is 0 Å². The molecule has 0 spiro atoms. The van der Waals surface area contributed by atoms with E-state index in [0.29, 0.717) is 12.5 Å². The van der Waals surface area contributed by atoms with Gasteiger partial charge >= 0.3 is 0 Å². The van der Waals surface area contributed by atoms with Crippen LogP contribution in [0.5, 0.6) is 0 Å². The van der Waals surface area contributed by atoms with Gasteiger partial charge in [-0.05, 0) is 31.9 Å². The van der Waals surface area contributed by atoms with E-state index in [4.69, 9.17) is 5.73 Å². The average molecular weight is 240 g/mol. The number of nitrogens with two attached hydrogens (primary N) is 1. The van der Waals surface area contributed by atoms with Crippen molar-refractivity contribution in [1.29, 1.82) is 0 Å². The highest BCUT2D eigenvalue weighted by Gasteiger charge is 2.29. The van der Waals surface area contributed by atoms with Crippen molar-refractivity contribution in [3.05, 3.63) is 21.9 Å². The molecule has 0 saturated heterocycles. The molecular formula is C12H20N2OS. The first-order chi connectivity index (χ1) is 7.39. The summed E-state index contributed by atoms with van der Waals surface area (Å²) in [6.45, 7) is 8.54. The summed E-state index contributed by atoms with van der Waals surface area (Å²) >= 11 is 1.51. The summed E-state index contributed by atoms with van der Waals surface area (Å²) in [6.07, 6.45) is 0. The number of rotatable bonds is 4. The number of carbonyl (C=O) groups excluding carboxylic acids is 1. The molecule has 1 amide bonds. The van der Waals surface area contributed by atoms with Gasteiger partial charge in [-0.15, -0.1) is 11.3 Å². The Balaban J connectivity index is 2.77. The first-order valence-corrected chi connectivity index (χ1v) is 6.29. The summed E-state index contributed by atoms with van der Waals surface area (Å²) in [5.74, 6) is 0.280. The molecule has 1 rings (SSSR count). The molecule has 1 unspecified atom stereocenters. The van der Waals surface area contributed by atoms with E-state index in [9.17, 15) is 4.79 Å². The summed E-state index contributed by atoms with van der Waals surface area (Å²) in [5.41, 5.74) is 5.39. The number of hydrogen-bond donors (Lipinski definition) is 2. The number of carbonyl (C=O) groups is 1. The van der Waals surface area contributed by atoms with E-state index in [1.165, 1.54) is 11.3 Å². The maximum Gasteiger partial charge on any atom is 0.261 e. The molecule has 0 aliphatic heterocycles. The van der Waals surface area contributed by atoms with E-state index in [0.717, 1.165) is 9.75 Å². The quantitative estimate of drug-likeness (QED) is 0.847. The smallest absolute Gasteiger partial charge is 0.261 e. The molecule has 0 aliphatic rings. The molecule has 1 atom stereocenters. The lowest BCUT2D eigenvalue weighted by atomic mass is 9.88. The average Bonchev–Trinajstić information content (AvgIpc) is 2.64. The normalized spacial score (nSPS) is 14.9. The van der Waals surface area contributed by atoms with Crippen LogP contribution in [0.25, 0.3) is 0 Å². The number of aryl methyl sites for hydroxylation is 1. The molecule has 1 aromatic rings. The summed E-state index contributed by atoms with van der Waals surface area (Å²) in [5, 5.41) is 3.02. The van der Waals surface area contributed by atoms with Crippen molar-refractivity contribution in [3.8, 4) is 0 Å². The van der Waals surface area contributed by atoms with E-state index in [-0.39, 0.29) is 11.4 Å². The topological polar surface area (TPSA) is 55.1 Å². The maximum absolute atomic E-state index is 12.0. The molecule has 0 aromatic carbocycles. The first kappa shape index (κ1) is 13.2. The van der Waals surface area contributed by atoms with E-state index in [1.807, 2.05) is 26.0 Å². The van der Waals surface area contributed by atoms with Gasteiger partial charge in [-0.25, -0.2) is 0 Å². The van der Waals surface area contributed by atoms with E-state index < -0.39 is 0 Å². The Morgan fingerprint density at radius 1 is 1.56 bits per heavy atom. The SMILES string of the molecule is Cc1ccc(C(=O)NC(C)(CN)C(C)C)s1. The predicted octanol–water partition coefficient (Wildman–Crippen LogP) is 2.16. The summed E-state index contributed by atoms with van der Waals surface area (Å²) in [7, 11) is 0. The molecule has 4 heteroatoms. The van der Waals surface area contributed by atoms with Crippen molar-refractivity contribution in [1.82, 2.24) is 5.32 Å². The second-order valence-corrected chi connectivity index (χ2v) is 5.93. The fraction of sp³-hybridized carbons (Fsp3) is 0.583. The highest BCUT2D eigenvalue weighted by atomic mass is 32.1. The molecule has 90 valence electrons. The fourth-order valence-corrected chi connectivity index (χ4v) is 2.07. The molecule has 0 fully saturated rings. The third-order valence-corrected chi connectivity index (χ3v) is 4.06. The zero-order valence-corrected chi connectivity index (χ0v) is 11.1. The molecule has 1 aromatic heterocycles. The van der Waals surface area contributed by atoms with Crippen molar-refractivity contribution in [2.45, 2.75) is 33.2 Å². The number of thiophene rings is 1. The minimum absolute atomic E-state index is 0.0280. The van der Waals surface area contributed by atoms with E-state index in [2.05, 4.69) is 19.2 Å². The van der Waals surface area contributed by atoms with Crippen LogP contribution in [0.4, 0.5) is 0 Å². The number of hydrogen-bond acceptors (Lipinski definition) is 3. The molecule has 3 N–H and O–H groups in total. The summed E-state index contributed by atoms with van der Waals surface area (Å²) < 4.78 is 0. The van der Waals surface area contributed by atoms with E-state index >= 15 is 0 Å². The third-order valence-electron chi connectivity index (χ3n) is 3.06. The van der Waals surface area contributed by atoms with Crippen LogP contribution in [0.15, 0.2) is 12.1 Å². The van der Waals surface area contributed by atoms with Crippen molar-refractivity contribution >= 4 is 17.2 Å². The second kappa shape index (κ2) is 4.97. The van der Waals surface area contributed by atoms with Gasteiger partial charge in [-0.1, -0.05) is 13.8 Å². The van der Waals surface area contributed by atoms with Crippen molar-refractivity contribution < 1.29 is 4.79 Å². The third kappa shape index (κ3) is 2.83. The molecule has 0 aliphatic carbocycles. The lowest BCUT2D eigenvalue weighted by Crippen LogP contribution is -2.54. The predicted molar refractivity (Wildman–Crippen MR) is 68.8 cm³/mol. The minimum Gasteiger partial charge on any atom is -0.345 e. The minimum atomic E-state index is -0.338. The molecular weight excluding hydrogens is 220 g/mol. The van der Waals surface area contributed by atoms with Crippen molar-refractivity contribution in [2.24, 2.45) is 11.7 Å². The highest BCUT2D eigenvalue weighted by molar-refractivity contribution is 7.13. The summed E-state index contributed by atoms with van der Waals surface area (Å²) in [6, 6.07) is 3.81. The maximum atomic E-state index is 12.0. The van der Waals surface area contributed by atoms with Gasteiger partial charge in [-0.2, -0.15) is 0 Å². The Labute approximate surface area is 101 Å². The lowest BCUT2D eigenvalue weighted by Gasteiger charge is -2.33.